The standard InChI is InChI=1S/C22H23ClN4O2/c1-25-22(29)27(19-5-3-2-4-6-19)21(24-25)17-11-13-26(14-12-17)15-20(28)16-7-9-18(23)10-8-16/h2-10,17H,11-15H2,1H3. The molecule has 6 nitrogen and oxygen atoms in total. The van der Waals surface area contributed by atoms with Crippen LogP contribution in [-0.2, 0) is 7.05 Å². The van der Waals surface area contributed by atoms with E-state index in [1.165, 1.54) is 4.68 Å². The number of hydrogen-bond donors (Lipinski definition) is 0. The van der Waals surface area contributed by atoms with E-state index >= 15 is 0 Å². The molecular formula is C22H23ClN4O2. The maximum absolute atomic E-state index is 12.6. The van der Waals surface area contributed by atoms with Gasteiger partial charge in [-0.05, 0) is 62.3 Å². The third-order valence-corrected chi connectivity index (χ3v) is 5.70. The lowest BCUT2D eigenvalue weighted by Crippen LogP contribution is -2.37. The minimum absolute atomic E-state index is 0.0964. The summed E-state index contributed by atoms with van der Waals surface area (Å²) in [6, 6.07) is 16.6. The molecule has 4 rings (SSSR count). The molecular weight excluding hydrogens is 388 g/mol. The van der Waals surface area contributed by atoms with Crippen molar-refractivity contribution in [2.24, 2.45) is 7.05 Å². The number of likely N-dealkylation sites (tertiary alicyclic amines) is 1. The lowest BCUT2D eigenvalue weighted by molar-refractivity contribution is 0.0908. The molecule has 7 heteroatoms. The Balaban J connectivity index is 1.45. The molecule has 0 saturated carbocycles. The first-order valence-electron chi connectivity index (χ1n) is 9.75. The number of benzene rings is 2. The van der Waals surface area contributed by atoms with E-state index < -0.39 is 0 Å². The molecule has 0 unspecified atom stereocenters. The Bertz CT molecular complexity index is 1050. The predicted octanol–water partition coefficient (Wildman–Crippen LogP) is 3.29. The van der Waals surface area contributed by atoms with Gasteiger partial charge >= 0.3 is 5.69 Å². The topological polar surface area (TPSA) is 60.1 Å². The molecule has 0 amide bonds. The number of Topliss-reactive ketones (excluding diaryl/α,β-unsaturated/α-hetero) is 1. The van der Waals surface area contributed by atoms with Gasteiger partial charge in [-0.25, -0.2) is 14.0 Å². The number of para-hydroxylation sites is 1. The fraction of sp³-hybridized carbons (Fsp3) is 0.318. The first-order valence-corrected chi connectivity index (χ1v) is 10.1. The molecule has 3 aromatic rings. The predicted molar refractivity (Wildman–Crippen MR) is 113 cm³/mol. The van der Waals surface area contributed by atoms with E-state index in [1.807, 2.05) is 30.3 Å². The van der Waals surface area contributed by atoms with Crippen LogP contribution < -0.4 is 5.69 Å². The number of nitrogens with zero attached hydrogens (tertiary/aromatic N) is 4. The van der Waals surface area contributed by atoms with Crippen molar-refractivity contribution < 1.29 is 4.79 Å². The fourth-order valence-corrected chi connectivity index (χ4v) is 3.97. The van der Waals surface area contributed by atoms with Crippen molar-refractivity contribution in [3.8, 4) is 5.69 Å². The Morgan fingerprint density at radius 3 is 2.38 bits per heavy atom. The van der Waals surface area contributed by atoms with E-state index in [-0.39, 0.29) is 17.4 Å². The zero-order chi connectivity index (χ0) is 20.4. The van der Waals surface area contributed by atoms with Crippen LogP contribution in [0, 0.1) is 0 Å². The molecule has 1 aliphatic heterocycles. The van der Waals surface area contributed by atoms with Crippen LogP contribution in [0.1, 0.15) is 34.9 Å². The highest BCUT2D eigenvalue weighted by Gasteiger charge is 2.27. The summed E-state index contributed by atoms with van der Waals surface area (Å²) in [4.78, 5) is 27.3. The Kier molecular flexibility index (Phi) is 5.65. The zero-order valence-electron chi connectivity index (χ0n) is 16.3. The van der Waals surface area contributed by atoms with E-state index in [2.05, 4.69) is 10.00 Å². The average Bonchev–Trinajstić information content (AvgIpc) is 3.04. The highest BCUT2D eigenvalue weighted by atomic mass is 35.5. The van der Waals surface area contributed by atoms with Gasteiger partial charge in [-0.1, -0.05) is 29.8 Å². The second kappa shape index (κ2) is 8.35. The molecule has 0 aliphatic carbocycles. The SMILES string of the molecule is Cn1nc(C2CCN(CC(=O)c3ccc(Cl)cc3)CC2)n(-c2ccccc2)c1=O. The zero-order valence-corrected chi connectivity index (χ0v) is 17.0. The Morgan fingerprint density at radius 2 is 1.72 bits per heavy atom. The average molecular weight is 411 g/mol. The second-order valence-electron chi connectivity index (χ2n) is 7.42. The summed E-state index contributed by atoms with van der Waals surface area (Å²) in [5.74, 6) is 1.08. The van der Waals surface area contributed by atoms with Crippen LogP contribution in [0.15, 0.2) is 59.4 Å². The van der Waals surface area contributed by atoms with Gasteiger partial charge in [-0.15, -0.1) is 0 Å². The van der Waals surface area contributed by atoms with Crippen LogP contribution in [-0.4, -0.2) is 44.7 Å². The number of halogens is 1. The van der Waals surface area contributed by atoms with Crippen molar-refractivity contribution in [1.82, 2.24) is 19.2 Å². The van der Waals surface area contributed by atoms with Crippen molar-refractivity contribution in [2.75, 3.05) is 19.6 Å². The first-order chi connectivity index (χ1) is 14.0. The number of aryl methyl sites for hydroxylation is 1. The van der Waals surface area contributed by atoms with Crippen LogP contribution >= 0.6 is 11.6 Å². The molecule has 1 aliphatic rings. The largest absolute Gasteiger partial charge is 0.350 e. The summed E-state index contributed by atoms with van der Waals surface area (Å²) >= 11 is 5.90. The van der Waals surface area contributed by atoms with Gasteiger partial charge in [-0.3, -0.25) is 9.69 Å². The van der Waals surface area contributed by atoms with Crippen molar-refractivity contribution in [1.29, 1.82) is 0 Å². The summed E-state index contributed by atoms with van der Waals surface area (Å²) in [7, 11) is 1.69. The van der Waals surface area contributed by atoms with Gasteiger partial charge in [0.2, 0.25) is 0 Å². The third-order valence-electron chi connectivity index (χ3n) is 5.45. The Hall–Kier alpha value is -2.70. The minimum Gasteiger partial charge on any atom is -0.296 e. The second-order valence-corrected chi connectivity index (χ2v) is 7.85. The fourth-order valence-electron chi connectivity index (χ4n) is 3.85. The smallest absolute Gasteiger partial charge is 0.296 e. The lowest BCUT2D eigenvalue weighted by Gasteiger charge is -2.31. The van der Waals surface area contributed by atoms with E-state index in [4.69, 9.17) is 11.6 Å². The Labute approximate surface area is 174 Å². The van der Waals surface area contributed by atoms with Crippen LogP contribution in [0.25, 0.3) is 5.69 Å². The number of ketones is 1. The Morgan fingerprint density at radius 1 is 1.07 bits per heavy atom. The van der Waals surface area contributed by atoms with Gasteiger partial charge < -0.3 is 0 Å². The monoisotopic (exact) mass is 410 g/mol. The maximum Gasteiger partial charge on any atom is 0.350 e. The van der Waals surface area contributed by atoms with Crippen molar-refractivity contribution in [3.05, 3.63) is 81.5 Å². The van der Waals surface area contributed by atoms with E-state index in [9.17, 15) is 9.59 Å². The molecule has 2 heterocycles. The highest BCUT2D eigenvalue weighted by molar-refractivity contribution is 6.30. The molecule has 29 heavy (non-hydrogen) atoms. The first kappa shape index (κ1) is 19.6. The molecule has 150 valence electrons. The van der Waals surface area contributed by atoms with Crippen LogP contribution in [0.4, 0.5) is 0 Å². The molecule has 0 radical (unpaired) electrons. The van der Waals surface area contributed by atoms with Gasteiger partial charge in [-0.2, -0.15) is 5.10 Å². The van der Waals surface area contributed by atoms with Crippen molar-refractivity contribution in [3.63, 3.8) is 0 Å². The van der Waals surface area contributed by atoms with E-state index in [0.717, 1.165) is 37.4 Å². The van der Waals surface area contributed by atoms with Gasteiger partial charge in [0.15, 0.2) is 5.78 Å². The molecule has 0 atom stereocenters. The third kappa shape index (κ3) is 4.18. The minimum atomic E-state index is -0.133. The van der Waals surface area contributed by atoms with Gasteiger partial charge in [0.1, 0.15) is 5.82 Å². The molecule has 1 fully saturated rings. The summed E-state index contributed by atoms with van der Waals surface area (Å²) in [6.45, 7) is 1.98. The molecule has 0 spiro atoms. The van der Waals surface area contributed by atoms with Crippen molar-refractivity contribution >= 4 is 17.4 Å². The molecule has 1 saturated heterocycles. The van der Waals surface area contributed by atoms with Crippen LogP contribution in [0.5, 0.6) is 0 Å². The summed E-state index contributed by atoms with van der Waals surface area (Å²) < 4.78 is 3.11. The summed E-state index contributed by atoms with van der Waals surface area (Å²) in [5, 5.41) is 5.15. The van der Waals surface area contributed by atoms with E-state index in [0.29, 0.717) is 17.1 Å². The number of hydrogen-bond acceptors (Lipinski definition) is 4. The quantitative estimate of drug-likeness (QED) is 0.605. The lowest BCUT2D eigenvalue weighted by atomic mass is 9.95. The number of piperidine rings is 1. The number of rotatable bonds is 5. The molecule has 0 bridgehead atoms. The summed E-state index contributed by atoms with van der Waals surface area (Å²) in [6.07, 6.45) is 1.72. The molecule has 1 aromatic heterocycles. The normalized spacial score (nSPS) is 15.5. The van der Waals surface area contributed by atoms with Crippen LogP contribution in [0.2, 0.25) is 5.02 Å². The van der Waals surface area contributed by atoms with Gasteiger partial charge in [0, 0.05) is 23.6 Å². The van der Waals surface area contributed by atoms with Crippen LogP contribution in [0.3, 0.4) is 0 Å². The summed E-state index contributed by atoms with van der Waals surface area (Å²) in [5.41, 5.74) is 1.38. The van der Waals surface area contributed by atoms with Gasteiger partial charge in [0.25, 0.3) is 0 Å². The maximum atomic E-state index is 12.6. The van der Waals surface area contributed by atoms with E-state index in [1.54, 1.807) is 35.9 Å². The number of aromatic nitrogens is 3. The highest BCUT2D eigenvalue weighted by Crippen LogP contribution is 2.27. The molecule has 2 aromatic carbocycles. The number of carbonyl (C=O) groups excluding carboxylic acids is 1. The van der Waals surface area contributed by atoms with Crippen molar-refractivity contribution in [2.45, 2.75) is 18.8 Å². The number of carbonyl (C=O) groups is 1. The molecule has 0 N–H and O–H groups in total. The van der Waals surface area contributed by atoms with Gasteiger partial charge in [0.05, 0.1) is 12.2 Å².